The van der Waals surface area contributed by atoms with Crippen molar-refractivity contribution in [2.45, 2.75) is 52.2 Å². The summed E-state index contributed by atoms with van der Waals surface area (Å²) >= 11 is 0. The number of amides is 2. The van der Waals surface area contributed by atoms with Crippen LogP contribution in [0, 0.1) is 0 Å². The minimum absolute atomic E-state index is 0.303. The summed E-state index contributed by atoms with van der Waals surface area (Å²) in [6.45, 7) is 8.20. The summed E-state index contributed by atoms with van der Waals surface area (Å²) in [6, 6.07) is 7.01. The first-order valence-electron chi connectivity index (χ1n) is 7.33. The minimum atomic E-state index is -0.373. The summed E-state index contributed by atoms with van der Waals surface area (Å²) < 4.78 is 5.81. The van der Waals surface area contributed by atoms with E-state index in [1.165, 1.54) is 0 Å². The van der Waals surface area contributed by atoms with Gasteiger partial charge >= 0.3 is 6.03 Å². The van der Waals surface area contributed by atoms with Crippen molar-refractivity contribution in [3.05, 3.63) is 24.3 Å². The van der Waals surface area contributed by atoms with Gasteiger partial charge in [0.1, 0.15) is 11.4 Å². The third-order valence-electron chi connectivity index (χ3n) is 2.79. The Bertz CT molecular complexity index is 455. The quantitative estimate of drug-likeness (QED) is 0.755. The van der Waals surface area contributed by atoms with Gasteiger partial charge < -0.3 is 20.5 Å². The highest BCUT2D eigenvalue weighted by Crippen LogP contribution is 2.27. The zero-order valence-electron chi connectivity index (χ0n) is 13.3. The second kappa shape index (κ2) is 7.88. The molecule has 0 aliphatic heterocycles. The first-order chi connectivity index (χ1) is 9.81. The number of aliphatic hydroxyl groups is 1. The molecule has 1 rings (SSSR count). The maximum absolute atomic E-state index is 11.8. The standard InChI is InChI=1S/C16H26N2O3/c1-5-12(19)10-11-17-15(20)18-13-8-6-7-9-14(13)21-16(2,3)4/h6-9,12,19H,5,10-11H2,1-4H3,(H2,17,18,20). The van der Waals surface area contributed by atoms with E-state index in [0.717, 1.165) is 0 Å². The van der Waals surface area contributed by atoms with Crippen LogP contribution in [0.25, 0.3) is 0 Å². The fraction of sp³-hybridized carbons (Fsp3) is 0.562. The number of hydrogen-bond acceptors (Lipinski definition) is 3. The molecule has 0 bridgehead atoms. The predicted octanol–water partition coefficient (Wildman–Crippen LogP) is 3.15. The van der Waals surface area contributed by atoms with Gasteiger partial charge in [0.25, 0.3) is 0 Å². The van der Waals surface area contributed by atoms with Crippen molar-refractivity contribution < 1.29 is 14.6 Å². The summed E-state index contributed by atoms with van der Waals surface area (Å²) in [5.41, 5.74) is 0.292. The van der Waals surface area contributed by atoms with Crippen LogP contribution in [0.4, 0.5) is 10.5 Å². The van der Waals surface area contributed by atoms with E-state index in [1.807, 2.05) is 45.9 Å². The van der Waals surface area contributed by atoms with Crippen LogP contribution in [0.1, 0.15) is 40.5 Å². The van der Waals surface area contributed by atoms with Crippen LogP contribution in [0.5, 0.6) is 5.75 Å². The van der Waals surface area contributed by atoms with Crippen LogP contribution in [-0.2, 0) is 0 Å². The second-order valence-electron chi connectivity index (χ2n) is 5.94. The maximum Gasteiger partial charge on any atom is 0.319 e. The molecule has 0 aliphatic rings. The molecule has 0 radical (unpaired) electrons. The van der Waals surface area contributed by atoms with E-state index in [2.05, 4.69) is 10.6 Å². The van der Waals surface area contributed by atoms with Crippen LogP contribution in [0.3, 0.4) is 0 Å². The van der Waals surface area contributed by atoms with Crippen molar-refractivity contribution >= 4 is 11.7 Å². The first-order valence-corrected chi connectivity index (χ1v) is 7.33. The van der Waals surface area contributed by atoms with E-state index in [9.17, 15) is 9.90 Å². The molecule has 0 heterocycles. The zero-order valence-corrected chi connectivity index (χ0v) is 13.3. The number of para-hydroxylation sites is 2. The van der Waals surface area contributed by atoms with E-state index < -0.39 is 0 Å². The Kier molecular flexibility index (Phi) is 6.49. The van der Waals surface area contributed by atoms with Crippen LogP contribution in [0.15, 0.2) is 24.3 Å². The molecule has 0 aromatic heterocycles. The molecule has 118 valence electrons. The Hall–Kier alpha value is -1.75. The average molecular weight is 294 g/mol. The highest BCUT2D eigenvalue weighted by molar-refractivity contribution is 5.90. The van der Waals surface area contributed by atoms with Gasteiger partial charge in [-0.05, 0) is 45.7 Å². The molecule has 1 unspecified atom stereocenters. The van der Waals surface area contributed by atoms with Crippen molar-refractivity contribution in [1.29, 1.82) is 0 Å². The number of urea groups is 1. The van der Waals surface area contributed by atoms with E-state index in [4.69, 9.17) is 4.74 Å². The lowest BCUT2D eigenvalue weighted by atomic mass is 10.2. The number of nitrogens with one attached hydrogen (secondary N) is 2. The summed E-state index contributed by atoms with van der Waals surface area (Å²) in [6.07, 6.45) is 0.858. The topological polar surface area (TPSA) is 70.6 Å². The summed E-state index contributed by atoms with van der Waals surface area (Å²) in [4.78, 5) is 11.8. The molecule has 1 atom stereocenters. The summed E-state index contributed by atoms with van der Waals surface area (Å²) in [7, 11) is 0. The fourth-order valence-corrected chi connectivity index (χ4v) is 1.71. The number of ether oxygens (including phenoxy) is 1. The minimum Gasteiger partial charge on any atom is -0.486 e. The third-order valence-corrected chi connectivity index (χ3v) is 2.79. The third kappa shape index (κ3) is 6.99. The van der Waals surface area contributed by atoms with Crippen molar-refractivity contribution in [3.8, 4) is 5.75 Å². The number of anilines is 1. The maximum atomic E-state index is 11.8. The van der Waals surface area contributed by atoms with E-state index in [1.54, 1.807) is 6.07 Å². The first kappa shape index (κ1) is 17.3. The average Bonchev–Trinajstić information content (AvgIpc) is 2.39. The molecule has 0 saturated carbocycles. The summed E-state index contributed by atoms with van der Waals surface area (Å²) in [5, 5.41) is 14.9. The van der Waals surface area contributed by atoms with Gasteiger partial charge in [-0.15, -0.1) is 0 Å². The lowest BCUT2D eigenvalue weighted by molar-refractivity contribution is 0.132. The number of hydrogen-bond donors (Lipinski definition) is 3. The number of carbonyl (C=O) groups excluding carboxylic acids is 1. The van der Waals surface area contributed by atoms with E-state index in [0.29, 0.717) is 30.8 Å². The monoisotopic (exact) mass is 294 g/mol. The van der Waals surface area contributed by atoms with Gasteiger partial charge in [-0.25, -0.2) is 4.79 Å². The number of benzene rings is 1. The largest absolute Gasteiger partial charge is 0.486 e. The Morgan fingerprint density at radius 1 is 1.33 bits per heavy atom. The number of carbonyl (C=O) groups is 1. The summed E-state index contributed by atoms with van der Waals surface area (Å²) in [5.74, 6) is 0.633. The molecule has 0 saturated heterocycles. The van der Waals surface area contributed by atoms with Gasteiger partial charge in [0.2, 0.25) is 0 Å². The van der Waals surface area contributed by atoms with Gasteiger partial charge in [0, 0.05) is 6.54 Å². The van der Waals surface area contributed by atoms with Gasteiger partial charge in [-0.1, -0.05) is 19.1 Å². The van der Waals surface area contributed by atoms with Gasteiger partial charge in [-0.3, -0.25) is 0 Å². The highest BCUT2D eigenvalue weighted by atomic mass is 16.5. The molecule has 1 aromatic carbocycles. The van der Waals surface area contributed by atoms with Crippen molar-refractivity contribution in [2.24, 2.45) is 0 Å². The van der Waals surface area contributed by atoms with Crippen LogP contribution >= 0.6 is 0 Å². The molecule has 5 heteroatoms. The molecular weight excluding hydrogens is 268 g/mol. The molecule has 3 N–H and O–H groups in total. The predicted molar refractivity (Wildman–Crippen MR) is 84.8 cm³/mol. The lowest BCUT2D eigenvalue weighted by Crippen LogP contribution is -2.31. The Balaban J connectivity index is 2.56. The Morgan fingerprint density at radius 3 is 2.62 bits per heavy atom. The lowest BCUT2D eigenvalue weighted by Gasteiger charge is -2.23. The smallest absolute Gasteiger partial charge is 0.319 e. The van der Waals surface area contributed by atoms with E-state index in [-0.39, 0.29) is 17.7 Å². The molecule has 0 spiro atoms. The van der Waals surface area contributed by atoms with E-state index >= 15 is 0 Å². The Morgan fingerprint density at radius 2 is 2.00 bits per heavy atom. The van der Waals surface area contributed by atoms with Crippen LogP contribution < -0.4 is 15.4 Å². The zero-order chi connectivity index (χ0) is 15.9. The Labute approximate surface area is 126 Å². The molecule has 1 aromatic rings. The van der Waals surface area contributed by atoms with Crippen molar-refractivity contribution in [2.75, 3.05) is 11.9 Å². The van der Waals surface area contributed by atoms with Crippen molar-refractivity contribution in [3.63, 3.8) is 0 Å². The SMILES string of the molecule is CCC(O)CCNC(=O)Nc1ccccc1OC(C)(C)C. The van der Waals surface area contributed by atoms with Crippen LogP contribution in [0.2, 0.25) is 0 Å². The normalized spacial score (nSPS) is 12.6. The number of rotatable bonds is 6. The molecule has 0 aliphatic carbocycles. The van der Waals surface area contributed by atoms with Crippen LogP contribution in [-0.4, -0.2) is 29.4 Å². The molecule has 0 fully saturated rings. The van der Waals surface area contributed by atoms with Crippen molar-refractivity contribution in [1.82, 2.24) is 5.32 Å². The number of aliphatic hydroxyl groups excluding tert-OH is 1. The van der Waals surface area contributed by atoms with Gasteiger partial charge in [0.05, 0.1) is 11.8 Å². The second-order valence-corrected chi connectivity index (χ2v) is 5.94. The molecule has 2 amide bonds. The molecule has 5 nitrogen and oxygen atoms in total. The highest BCUT2D eigenvalue weighted by Gasteiger charge is 2.15. The molecular formula is C16H26N2O3. The van der Waals surface area contributed by atoms with Gasteiger partial charge in [-0.2, -0.15) is 0 Å². The van der Waals surface area contributed by atoms with Gasteiger partial charge in [0.15, 0.2) is 0 Å². The molecule has 21 heavy (non-hydrogen) atoms. The fourth-order valence-electron chi connectivity index (χ4n) is 1.71.